The van der Waals surface area contributed by atoms with E-state index in [9.17, 15) is 0 Å². The Bertz CT molecular complexity index is 226. The highest BCUT2D eigenvalue weighted by Crippen LogP contribution is 2.33. The molecule has 1 aliphatic rings. The summed E-state index contributed by atoms with van der Waals surface area (Å²) in [7, 11) is 0. The van der Waals surface area contributed by atoms with Crippen molar-refractivity contribution in [3.63, 3.8) is 0 Å². The van der Waals surface area contributed by atoms with Crippen LogP contribution in [-0.2, 0) is 0 Å². The molecule has 0 heterocycles. The molecule has 1 saturated carbocycles. The van der Waals surface area contributed by atoms with Crippen molar-refractivity contribution >= 4 is 0 Å². The lowest BCUT2D eigenvalue weighted by Gasteiger charge is -2.34. The molecule has 0 radical (unpaired) electrons. The minimum atomic E-state index is 0.736. The summed E-state index contributed by atoms with van der Waals surface area (Å²) in [5.74, 6) is 1.92. The fourth-order valence-electron chi connectivity index (χ4n) is 3.23. The van der Waals surface area contributed by atoms with E-state index in [0.717, 1.165) is 17.9 Å². The van der Waals surface area contributed by atoms with Gasteiger partial charge in [-0.15, -0.1) is 6.58 Å². The van der Waals surface area contributed by atoms with Gasteiger partial charge in [0.25, 0.3) is 0 Å². The van der Waals surface area contributed by atoms with Crippen LogP contribution in [0.3, 0.4) is 0 Å². The van der Waals surface area contributed by atoms with Gasteiger partial charge >= 0.3 is 0 Å². The van der Waals surface area contributed by atoms with Crippen LogP contribution < -0.4 is 5.32 Å². The smallest absolute Gasteiger partial charge is 0.00983 e. The minimum Gasteiger partial charge on any atom is -0.314 e. The molecule has 1 atom stereocenters. The molecule has 1 nitrogen and oxygen atoms in total. The zero-order valence-electron chi connectivity index (χ0n) is 12.8. The summed E-state index contributed by atoms with van der Waals surface area (Å²) in [5, 5.41) is 3.79. The summed E-state index contributed by atoms with van der Waals surface area (Å²) >= 11 is 0. The maximum atomic E-state index is 4.05. The molecule has 106 valence electrons. The van der Waals surface area contributed by atoms with E-state index in [1.165, 1.54) is 63.5 Å². The molecule has 1 N–H and O–H groups in total. The van der Waals surface area contributed by atoms with E-state index in [0.29, 0.717) is 0 Å². The van der Waals surface area contributed by atoms with Crippen LogP contribution in [0.25, 0.3) is 0 Å². The predicted octanol–water partition coefficient (Wildman–Crippen LogP) is 4.93. The molecule has 0 aromatic rings. The van der Waals surface area contributed by atoms with Crippen molar-refractivity contribution in [3.8, 4) is 0 Å². The van der Waals surface area contributed by atoms with E-state index in [-0.39, 0.29) is 0 Å². The van der Waals surface area contributed by atoms with Gasteiger partial charge in [-0.25, -0.2) is 0 Å². The highest BCUT2D eigenvalue weighted by molar-refractivity contribution is 4.91. The SMILES string of the molecule is C=C(C)CCC(NCCC)C1CCC(CC)CC1. The molecular formula is C17H33N. The Morgan fingerprint density at radius 1 is 1.22 bits per heavy atom. The average Bonchev–Trinajstić information content (AvgIpc) is 2.39. The summed E-state index contributed by atoms with van der Waals surface area (Å²) in [6.07, 6.45) is 10.9. The molecule has 0 bridgehead atoms. The Kier molecular flexibility index (Phi) is 7.65. The van der Waals surface area contributed by atoms with Gasteiger partial charge in [-0.1, -0.05) is 38.7 Å². The molecule has 1 rings (SSSR count). The second-order valence-electron chi connectivity index (χ2n) is 6.25. The Balaban J connectivity index is 2.40. The fraction of sp³-hybridized carbons (Fsp3) is 0.882. The minimum absolute atomic E-state index is 0.736. The highest BCUT2D eigenvalue weighted by Gasteiger charge is 2.26. The molecule has 0 aromatic carbocycles. The first kappa shape index (κ1) is 15.8. The first-order valence-corrected chi connectivity index (χ1v) is 8.05. The molecule has 1 fully saturated rings. The lowest BCUT2D eigenvalue weighted by molar-refractivity contribution is 0.211. The van der Waals surface area contributed by atoms with E-state index in [1.807, 2.05) is 0 Å². The molecule has 0 saturated heterocycles. The van der Waals surface area contributed by atoms with Gasteiger partial charge in [0.2, 0.25) is 0 Å². The summed E-state index contributed by atoms with van der Waals surface area (Å²) in [6, 6.07) is 0.736. The van der Waals surface area contributed by atoms with Crippen molar-refractivity contribution in [2.45, 2.75) is 78.2 Å². The van der Waals surface area contributed by atoms with E-state index in [2.05, 4.69) is 32.7 Å². The number of rotatable bonds is 8. The fourth-order valence-corrected chi connectivity index (χ4v) is 3.23. The third-order valence-corrected chi connectivity index (χ3v) is 4.58. The van der Waals surface area contributed by atoms with Crippen LogP contribution in [0.15, 0.2) is 12.2 Å². The topological polar surface area (TPSA) is 12.0 Å². The van der Waals surface area contributed by atoms with Gasteiger partial charge in [-0.3, -0.25) is 0 Å². The quantitative estimate of drug-likeness (QED) is 0.603. The zero-order valence-corrected chi connectivity index (χ0v) is 12.8. The molecule has 0 aromatic heterocycles. The van der Waals surface area contributed by atoms with Gasteiger partial charge in [0.15, 0.2) is 0 Å². The number of hydrogen-bond acceptors (Lipinski definition) is 1. The van der Waals surface area contributed by atoms with Crippen molar-refractivity contribution in [2.24, 2.45) is 11.8 Å². The number of nitrogens with one attached hydrogen (secondary N) is 1. The normalized spacial score (nSPS) is 25.9. The molecule has 18 heavy (non-hydrogen) atoms. The number of allylic oxidation sites excluding steroid dienone is 1. The van der Waals surface area contributed by atoms with Crippen molar-refractivity contribution in [1.29, 1.82) is 0 Å². The molecule has 0 aliphatic heterocycles. The van der Waals surface area contributed by atoms with Crippen molar-refractivity contribution < 1.29 is 0 Å². The van der Waals surface area contributed by atoms with Crippen LogP contribution in [0.4, 0.5) is 0 Å². The lowest BCUT2D eigenvalue weighted by atomic mass is 9.76. The summed E-state index contributed by atoms with van der Waals surface area (Å²) < 4.78 is 0. The monoisotopic (exact) mass is 251 g/mol. The zero-order chi connectivity index (χ0) is 13.4. The van der Waals surface area contributed by atoms with Gasteiger partial charge in [0.1, 0.15) is 0 Å². The first-order valence-electron chi connectivity index (χ1n) is 8.05. The van der Waals surface area contributed by atoms with E-state index in [1.54, 1.807) is 0 Å². The van der Waals surface area contributed by atoms with Crippen LogP contribution in [0.1, 0.15) is 72.1 Å². The first-order chi connectivity index (χ1) is 8.67. The van der Waals surface area contributed by atoms with Gasteiger partial charge in [0.05, 0.1) is 0 Å². The molecule has 0 amide bonds. The second-order valence-corrected chi connectivity index (χ2v) is 6.25. The lowest BCUT2D eigenvalue weighted by Crippen LogP contribution is -2.38. The largest absolute Gasteiger partial charge is 0.314 e. The summed E-state index contributed by atoms with van der Waals surface area (Å²) in [5.41, 5.74) is 1.33. The van der Waals surface area contributed by atoms with E-state index >= 15 is 0 Å². The summed E-state index contributed by atoms with van der Waals surface area (Å²) in [4.78, 5) is 0. The molecular weight excluding hydrogens is 218 g/mol. The van der Waals surface area contributed by atoms with Crippen LogP contribution in [0, 0.1) is 11.8 Å². The molecule has 1 unspecified atom stereocenters. The van der Waals surface area contributed by atoms with Crippen LogP contribution >= 0.6 is 0 Å². The Morgan fingerprint density at radius 3 is 2.39 bits per heavy atom. The van der Waals surface area contributed by atoms with E-state index < -0.39 is 0 Å². The van der Waals surface area contributed by atoms with Crippen LogP contribution in [-0.4, -0.2) is 12.6 Å². The van der Waals surface area contributed by atoms with Gasteiger partial charge in [-0.05, 0) is 57.4 Å². The van der Waals surface area contributed by atoms with Gasteiger partial charge < -0.3 is 5.32 Å². The Hall–Kier alpha value is -0.300. The van der Waals surface area contributed by atoms with E-state index in [4.69, 9.17) is 0 Å². The van der Waals surface area contributed by atoms with Gasteiger partial charge in [-0.2, -0.15) is 0 Å². The third-order valence-electron chi connectivity index (χ3n) is 4.58. The van der Waals surface area contributed by atoms with Crippen LogP contribution in [0.5, 0.6) is 0 Å². The van der Waals surface area contributed by atoms with Crippen molar-refractivity contribution in [2.75, 3.05) is 6.54 Å². The van der Waals surface area contributed by atoms with Gasteiger partial charge in [0, 0.05) is 6.04 Å². The molecule has 1 heteroatoms. The maximum absolute atomic E-state index is 4.05. The van der Waals surface area contributed by atoms with Crippen LogP contribution in [0.2, 0.25) is 0 Å². The average molecular weight is 251 g/mol. The highest BCUT2D eigenvalue weighted by atomic mass is 14.9. The maximum Gasteiger partial charge on any atom is 0.00983 e. The summed E-state index contributed by atoms with van der Waals surface area (Å²) in [6.45, 7) is 12.0. The third kappa shape index (κ3) is 5.56. The van der Waals surface area contributed by atoms with Crippen molar-refractivity contribution in [1.82, 2.24) is 5.32 Å². The second kappa shape index (κ2) is 8.74. The Labute approximate surface area is 114 Å². The molecule has 0 spiro atoms. The predicted molar refractivity (Wildman–Crippen MR) is 81.9 cm³/mol. The molecule has 1 aliphatic carbocycles. The Morgan fingerprint density at radius 2 is 1.89 bits per heavy atom. The standard InChI is InChI=1S/C17H33N/c1-5-13-18-17(12-7-14(3)4)16-10-8-15(6-2)9-11-16/h15-18H,3,5-13H2,1-2,4H3. The van der Waals surface area contributed by atoms with Crippen molar-refractivity contribution in [3.05, 3.63) is 12.2 Å². The number of hydrogen-bond donors (Lipinski definition) is 1.